The van der Waals surface area contributed by atoms with Gasteiger partial charge in [0, 0.05) is 37.3 Å². The monoisotopic (exact) mass is 415 g/mol. The van der Waals surface area contributed by atoms with Crippen molar-refractivity contribution in [3.05, 3.63) is 78.5 Å². The second kappa shape index (κ2) is 8.71. The van der Waals surface area contributed by atoms with Crippen LogP contribution < -0.4 is 0 Å². The Hall–Kier alpha value is -4.13. The number of aromatic nitrogens is 2. The van der Waals surface area contributed by atoms with Gasteiger partial charge in [-0.1, -0.05) is 36.4 Å². The molecule has 0 saturated heterocycles. The molecule has 1 amide bonds. The van der Waals surface area contributed by atoms with Gasteiger partial charge in [-0.25, -0.2) is 9.48 Å². The summed E-state index contributed by atoms with van der Waals surface area (Å²) in [4.78, 5) is 25.0. The standard InChI is InChI=1S/C24H21N3O4/c1-26(2)22(28)16-30-23(29)13-12-18-15-27(19-9-4-3-5-10-19)25-24(18)21-14-17-8-6-7-11-20(17)31-21/h3-15H,16H2,1-2H3/b13-12+. The van der Waals surface area contributed by atoms with Crippen molar-refractivity contribution in [3.63, 3.8) is 0 Å². The smallest absolute Gasteiger partial charge is 0.331 e. The molecule has 0 N–H and O–H groups in total. The summed E-state index contributed by atoms with van der Waals surface area (Å²) in [7, 11) is 3.20. The van der Waals surface area contributed by atoms with E-state index in [9.17, 15) is 9.59 Å². The zero-order valence-corrected chi connectivity index (χ0v) is 17.2. The van der Waals surface area contributed by atoms with Gasteiger partial charge in [0.15, 0.2) is 12.4 Å². The van der Waals surface area contributed by atoms with E-state index in [0.29, 0.717) is 17.0 Å². The van der Waals surface area contributed by atoms with Crippen LogP contribution in [0.1, 0.15) is 5.56 Å². The van der Waals surface area contributed by atoms with Gasteiger partial charge in [-0.2, -0.15) is 5.10 Å². The predicted molar refractivity (Wildman–Crippen MR) is 117 cm³/mol. The molecule has 4 rings (SSSR count). The number of hydrogen-bond acceptors (Lipinski definition) is 5. The molecule has 4 aromatic rings. The molecular formula is C24H21N3O4. The molecule has 7 nitrogen and oxygen atoms in total. The Morgan fingerprint density at radius 2 is 1.84 bits per heavy atom. The van der Waals surface area contributed by atoms with Crippen molar-refractivity contribution < 1.29 is 18.7 Å². The fourth-order valence-corrected chi connectivity index (χ4v) is 2.98. The number of rotatable bonds is 6. The lowest BCUT2D eigenvalue weighted by Gasteiger charge is -2.09. The van der Waals surface area contributed by atoms with Gasteiger partial charge in [-0.3, -0.25) is 4.79 Å². The number of hydrogen-bond donors (Lipinski definition) is 0. The van der Waals surface area contributed by atoms with Gasteiger partial charge in [0.25, 0.3) is 5.91 Å². The number of ether oxygens (including phenoxy) is 1. The lowest BCUT2D eigenvalue weighted by Crippen LogP contribution is -2.27. The summed E-state index contributed by atoms with van der Waals surface area (Å²) in [5.74, 6) is -0.313. The quantitative estimate of drug-likeness (QED) is 0.352. The molecule has 156 valence electrons. The number of carbonyl (C=O) groups is 2. The van der Waals surface area contributed by atoms with E-state index in [1.807, 2.05) is 66.9 Å². The third-order valence-corrected chi connectivity index (χ3v) is 4.66. The largest absolute Gasteiger partial charge is 0.454 e. The highest BCUT2D eigenvalue weighted by molar-refractivity contribution is 5.91. The number of esters is 1. The van der Waals surface area contributed by atoms with E-state index < -0.39 is 5.97 Å². The van der Waals surface area contributed by atoms with Crippen LogP contribution in [0.25, 0.3) is 34.2 Å². The van der Waals surface area contributed by atoms with Crippen molar-refractivity contribution in [2.24, 2.45) is 0 Å². The molecule has 7 heteroatoms. The number of amides is 1. The molecule has 0 saturated carbocycles. The molecule has 0 fully saturated rings. The zero-order chi connectivity index (χ0) is 21.8. The summed E-state index contributed by atoms with van der Waals surface area (Å²) >= 11 is 0. The number of nitrogens with zero attached hydrogens (tertiary/aromatic N) is 3. The van der Waals surface area contributed by atoms with Crippen molar-refractivity contribution in [3.8, 4) is 17.1 Å². The van der Waals surface area contributed by atoms with Crippen LogP contribution in [-0.2, 0) is 14.3 Å². The van der Waals surface area contributed by atoms with Crippen LogP contribution in [-0.4, -0.2) is 47.3 Å². The summed E-state index contributed by atoms with van der Waals surface area (Å²) in [6.45, 7) is -0.310. The first-order valence-electron chi connectivity index (χ1n) is 9.70. The lowest BCUT2D eigenvalue weighted by atomic mass is 10.2. The van der Waals surface area contributed by atoms with Crippen LogP contribution in [0.3, 0.4) is 0 Å². The van der Waals surface area contributed by atoms with Gasteiger partial charge < -0.3 is 14.1 Å². The number of para-hydroxylation sites is 2. The average molecular weight is 415 g/mol. The third-order valence-electron chi connectivity index (χ3n) is 4.66. The summed E-state index contributed by atoms with van der Waals surface area (Å²) in [5.41, 5.74) is 2.90. The van der Waals surface area contributed by atoms with Gasteiger partial charge >= 0.3 is 5.97 Å². The van der Waals surface area contributed by atoms with E-state index >= 15 is 0 Å². The zero-order valence-electron chi connectivity index (χ0n) is 17.2. The van der Waals surface area contributed by atoms with E-state index in [1.54, 1.807) is 24.9 Å². The molecular weight excluding hydrogens is 394 g/mol. The Balaban J connectivity index is 1.66. The Morgan fingerprint density at radius 1 is 1.10 bits per heavy atom. The highest BCUT2D eigenvalue weighted by Gasteiger charge is 2.15. The van der Waals surface area contributed by atoms with Crippen molar-refractivity contribution >= 4 is 28.9 Å². The highest BCUT2D eigenvalue weighted by Crippen LogP contribution is 2.30. The maximum atomic E-state index is 12.1. The summed E-state index contributed by atoms with van der Waals surface area (Å²) in [6, 6.07) is 19.3. The minimum absolute atomic E-state index is 0.290. The van der Waals surface area contributed by atoms with Gasteiger partial charge in [-0.15, -0.1) is 0 Å². The van der Waals surface area contributed by atoms with Crippen molar-refractivity contribution in [1.29, 1.82) is 0 Å². The number of fused-ring (bicyclic) bond motifs is 1. The predicted octanol–water partition coefficient (Wildman–Crippen LogP) is 3.93. The minimum Gasteiger partial charge on any atom is -0.454 e. The van der Waals surface area contributed by atoms with Gasteiger partial charge in [-0.05, 0) is 30.3 Å². The van der Waals surface area contributed by atoms with E-state index in [2.05, 4.69) is 5.10 Å². The second-order valence-corrected chi connectivity index (χ2v) is 7.09. The SMILES string of the molecule is CN(C)C(=O)COC(=O)/C=C/c1cn(-c2ccccc2)nc1-c1cc2ccccc2o1. The summed E-state index contributed by atoms with van der Waals surface area (Å²) < 4.78 is 12.7. The van der Waals surface area contributed by atoms with Crippen molar-refractivity contribution in [1.82, 2.24) is 14.7 Å². The molecule has 0 atom stereocenters. The number of benzene rings is 2. The van der Waals surface area contributed by atoms with E-state index in [0.717, 1.165) is 16.7 Å². The first kappa shape index (κ1) is 20.2. The molecule has 0 aliphatic rings. The molecule has 2 aromatic carbocycles. The van der Waals surface area contributed by atoms with E-state index in [1.165, 1.54) is 11.0 Å². The average Bonchev–Trinajstić information content (AvgIpc) is 3.40. The van der Waals surface area contributed by atoms with E-state index in [4.69, 9.17) is 9.15 Å². The lowest BCUT2D eigenvalue weighted by molar-refractivity contribution is -0.146. The molecule has 0 bridgehead atoms. The van der Waals surface area contributed by atoms with Crippen LogP contribution in [0.5, 0.6) is 0 Å². The van der Waals surface area contributed by atoms with Crippen molar-refractivity contribution in [2.75, 3.05) is 20.7 Å². The molecule has 0 unspecified atom stereocenters. The molecule has 0 aliphatic heterocycles. The molecule has 2 aromatic heterocycles. The van der Waals surface area contributed by atoms with Crippen molar-refractivity contribution in [2.45, 2.75) is 0 Å². The number of carbonyl (C=O) groups excluding carboxylic acids is 2. The molecule has 0 aliphatic carbocycles. The molecule has 0 spiro atoms. The Kier molecular flexibility index (Phi) is 5.66. The van der Waals surface area contributed by atoms with E-state index in [-0.39, 0.29) is 12.5 Å². The maximum absolute atomic E-state index is 12.1. The first-order valence-corrected chi connectivity index (χ1v) is 9.70. The Bertz CT molecular complexity index is 1220. The Labute approximate surface area is 179 Å². The molecule has 2 heterocycles. The normalized spacial score (nSPS) is 11.2. The van der Waals surface area contributed by atoms with Gasteiger partial charge in [0.2, 0.25) is 0 Å². The summed E-state index contributed by atoms with van der Waals surface area (Å²) in [5, 5.41) is 5.64. The highest BCUT2D eigenvalue weighted by atomic mass is 16.5. The minimum atomic E-state index is -0.613. The van der Waals surface area contributed by atoms with Crippen LogP contribution in [0.4, 0.5) is 0 Å². The first-order chi connectivity index (χ1) is 15.0. The number of likely N-dealkylation sites (N-methyl/N-ethyl adjacent to an activating group) is 1. The van der Waals surface area contributed by atoms with Crippen LogP contribution >= 0.6 is 0 Å². The van der Waals surface area contributed by atoms with Gasteiger partial charge in [0.1, 0.15) is 11.3 Å². The molecule has 31 heavy (non-hydrogen) atoms. The van der Waals surface area contributed by atoms with Gasteiger partial charge in [0.05, 0.1) is 5.69 Å². The second-order valence-electron chi connectivity index (χ2n) is 7.09. The Morgan fingerprint density at radius 3 is 2.58 bits per heavy atom. The summed E-state index contributed by atoms with van der Waals surface area (Å²) in [6.07, 6.45) is 4.70. The van der Waals surface area contributed by atoms with Crippen LogP contribution in [0.2, 0.25) is 0 Å². The maximum Gasteiger partial charge on any atom is 0.331 e. The topological polar surface area (TPSA) is 77.6 Å². The fraction of sp³-hybridized carbons (Fsp3) is 0.125. The molecule has 0 radical (unpaired) electrons. The van der Waals surface area contributed by atoms with Crippen LogP contribution in [0, 0.1) is 0 Å². The third kappa shape index (κ3) is 4.56. The fourth-order valence-electron chi connectivity index (χ4n) is 2.98. The van der Waals surface area contributed by atoms with Crippen LogP contribution in [0.15, 0.2) is 77.4 Å². The number of furan rings is 1.